The van der Waals surface area contributed by atoms with E-state index in [2.05, 4.69) is 0 Å². The topological polar surface area (TPSA) is 49.8 Å². The van der Waals surface area contributed by atoms with Crippen LogP contribution in [-0.4, -0.2) is 28.2 Å². The summed E-state index contributed by atoms with van der Waals surface area (Å²) < 4.78 is 58.8. The van der Waals surface area contributed by atoms with E-state index in [9.17, 15) is 27.5 Å². The van der Waals surface area contributed by atoms with Gasteiger partial charge in [-0.05, 0) is 48.6 Å². The molecule has 31 heavy (non-hydrogen) atoms. The van der Waals surface area contributed by atoms with Crippen molar-refractivity contribution < 1.29 is 32.2 Å². The van der Waals surface area contributed by atoms with Crippen LogP contribution in [0, 0.1) is 5.82 Å². The Morgan fingerprint density at radius 1 is 1.10 bits per heavy atom. The van der Waals surface area contributed by atoms with Gasteiger partial charge in [-0.1, -0.05) is 30.3 Å². The molecule has 2 aliphatic rings. The Morgan fingerprint density at radius 2 is 1.74 bits per heavy atom. The average molecular weight is 437 g/mol. The lowest BCUT2D eigenvalue weighted by Crippen LogP contribution is -2.59. The summed E-state index contributed by atoms with van der Waals surface area (Å²) in [6.45, 7) is 0.110. The van der Waals surface area contributed by atoms with Crippen molar-refractivity contribution in [2.24, 2.45) is 0 Å². The van der Waals surface area contributed by atoms with Crippen LogP contribution in [0.15, 0.2) is 48.5 Å². The van der Waals surface area contributed by atoms with Crippen molar-refractivity contribution in [1.29, 1.82) is 0 Å². The number of carbonyl (C=O) groups excluding carboxylic acids is 1. The molecule has 1 N–H and O–H groups in total. The van der Waals surface area contributed by atoms with Gasteiger partial charge >= 0.3 is 12.3 Å². The molecule has 4 rings (SSSR count). The van der Waals surface area contributed by atoms with Crippen LogP contribution in [0.25, 0.3) is 0 Å². The summed E-state index contributed by atoms with van der Waals surface area (Å²) in [4.78, 5) is 14.4. The largest absolute Gasteiger partial charge is 0.445 e. The molecule has 2 aliphatic heterocycles. The molecule has 2 heterocycles. The second kappa shape index (κ2) is 8.15. The van der Waals surface area contributed by atoms with Gasteiger partial charge in [0, 0.05) is 24.9 Å². The summed E-state index contributed by atoms with van der Waals surface area (Å²) in [5.74, 6) is -1.05. The predicted molar refractivity (Wildman–Crippen MR) is 104 cm³/mol. The van der Waals surface area contributed by atoms with Gasteiger partial charge in [0.2, 0.25) is 0 Å². The minimum Gasteiger partial charge on any atom is -0.445 e. The van der Waals surface area contributed by atoms with Gasteiger partial charge in [0.15, 0.2) is 0 Å². The number of hydrogen-bond donors (Lipinski definition) is 1. The van der Waals surface area contributed by atoms with Gasteiger partial charge in [0.05, 0.1) is 11.2 Å². The predicted octanol–water partition coefficient (Wildman–Crippen LogP) is 5.39. The minimum atomic E-state index is -4.72. The van der Waals surface area contributed by atoms with Crippen LogP contribution in [-0.2, 0) is 23.1 Å². The number of rotatable bonds is 3. The molecule has 0 radical (unpaired) electrons. The number of halogens is 4. The van der Waals surface area contributed by atoms with E-state index in [0.717, 1.165) is 24.1 Å². The average Bonchev–Trinajstić information content (AvgIpc) is 2.71. The highest BCUT2D eigenvalue weighted by molar-refractivity contribution is 5.69. The molecule has 0 aliphatic carbocycles. The first-order chi connectivity index (χ1) is 14.7. The van der Waals surface area contributed by atoms with E-state index < -0.39 is 41.3 Å². The summed E-state index contributed by atoms with van der Waals surface area (Å²) >= 11 is 0. The third-order valence-electron chi connectivity index (χ3n) is 6.19. The van der Waals surface area contributed by atoms with E-state index in [-0.39, 0.29) is 25.0 Å². The smallest absolute Gasteiger partial charge is 0.416 e. The molecule has 2 aromatic carbocycles. The molecular formula is C23H23F4NO3. The van der Waals surface area contributed by atoms with Crippen molar-refractivity contribution in [1.82, 2.24) is 4.90 Å². The van der Waals surface area contributed by atoms with Crippen LogP contribution >= 0.6 is 0 Å². The molecule has 2 saturated heterocycles. The molecule has 166 valence electrons. The zero-order chi connectivity index (χ0) is 22.2. The minimum absolute atomic E-state index is 0.0324. The molecule has 2 bridgehead atoms. The molecular weight excluding hydrogens is 414 g/mol. The molecule has 2 unspecified atom stereocenters. The van der Waals surface area contributed by atoms with Gasteiger partial charge in [-0.15, -0.1) is 0 Å². The lowest BCUT2D eigenvalue weighted by Gasteiger charge is -2.51. The van der Waals surface area contributed by atoms with E-state index in [1.807, 2.05) is 30.3 Å². The standard InChI is InChI=1S/C23H23F4NO3/c24-18-10-16(9-17(11-18)23(25,26)27)22(30)12-19-7-4-8-20(13-22)28(19)21(29)31-14-15-5-2-1-3-6-15/h1-3,5-6,9-11,19-20,30H,4,7-8,12-14H2. The molecule has 2 fully saturated rings. The second-order valence-corrected chi connectivity index (χ2v) is 8.35. The lowest BCUT2D eigenvalue weighted by atomic mass is 9.72. The Labute approximate surface area is 177 Å². The summed E-state index contributed by atoms with van der Waals surface area (Å²) in [5.41, 5.74) is -2.04. The molecule has 2 aromatic rings. The van der Waals surface area contributed by atoms with Crippen LogP contribution in [0.4, 0.5) is 22.4 Å². The molecule has 4 nitrogen and oxygen atoms in total. The van der Waals surface area contributed by atoms with Gasteiger partial charge in [0.1, 0.15) is 12.4 Å². The number of nitrogens with zero attached hydrogens (tertiary/aromatic N) is 1. The van der Waals surface area contributed by atoms with Crippen molar-refractivity contribution in [2.75, 3.05) is 0 Å². The van der Waals surface area contributed by atoms with Crippen LogP contribution in [0.2, 0.25) is 0 Å². The maximum Gasteiger partial charge on any atom is 0.416 e. The number of fused-ring (bicyclic) bond motifs is 2. The molecule has 8 heteroatoms. The summed E-state index contributed by atoms with van der Waals surface area (Å²) in [6.07, 6.45) is -3.12. The van der Waals surface area contributed by atoms with Gasteiger partial charge in [-0.25, -0.2) is 9.18 Å². The normalized spacial score (nSPS) is 25.9. The Balaban J connectivity index is 1.54. The first-order valence-corrected chi connectivity index (χ1v) is 10.3. The van der Waals surface area contributed by atoms with Gasteiger partial charge in [-0.2, -0.15) is 13.2 Å². The maximum atomic E-state index is 13.9. The zero-order valence-electron chi connectivity index (χ0n) is 16.7. The summed E-state index contributed by atoms with van der Waals surface area (Å²) in [6, 6.07) is 10.6. The zero-order valence-corrected chi connectivity index (χ0v) is 16.7. The molecule has 1 amide bonds. The molecule has 0 spiro atoms. The number of hydrogen-bond acceptors (Lipinski definition) is 3. The highest BCUT2D eigenvalue weighted by Gasteiger charge is 2.49. The Hall–Kier alpha value is -2.61. The fourth-order valence-electron chi connectivity index (χ4n) is 4.78. The van der Waals surface area contributed by atoms with Crippen molar-refractivity contribution in [3.63, 3.8) is 0 Å². The Morgan fingerprint density at radius 3 is 2.35 bits per heavy atom. The quantitative estimate of drug-likeness (QED) is 0.656. The number of amides is 1. The van der Waals surface area contributed by atoms with Crippen molar-refractivity contribution in [3.05, 3.63) is 71.0 Å². The van der Waals surface area contributed by atoms with E-state index in [0.29, 0.717) is 18.9 Å². The highest BCUT2D eigenvalue weighted by atomic mass is 19.4. The van der Waals surface area contributed by atoms with E-state index >= 15 is 0 Å². The Bertz CT molecular complexity index is 934. The SMILES string of the molecule is O=C(OCc1ccccc1)N1C2CCCC1CC(O)(c1cc(F)cc(C(F)(F)F)c1)C2. The van der Waals surface area contributed by atoms with Crippen molar-refractivity contribution in [3.8, 4) is 0 Å². The van der Waals surface area contributed by atoms with Gasteiger partial charge in [-0.3, -0.25) is 0 Å². The van der Waals surface area contributed by atoms with E-state index in [4.69, 9.17) is 4.74 Å². The fourth-order valence-corrected chi connectivity index (χ4v) is 4.78. The number of aliphatic hydroxyl groups is 1. The van der Waals surface area contributed by atoms with E-state index in [1.54, 1.807) is 4.90 Å². The van der Waals surface area contributed by atoms with Crippen LogP contribution in [0.1, 0.15) is 48.8 Å². The first-order valence-electron chi connectivity index (χ1n) is 10.3. The molecule has 2 atom stereocenters. The number of ether oxygens (including phenoxy) is 1. The Kier molecular flexibility index (Phi) is 5.68. The number of alkyl halides is 3. The monoisotopic (exact) mass is 437 g/mol. The van der Waals surface area contributed by atoms with Gasteiger partial charge < -0.3 is 14.7 Å². The van der Waals surface area contributed by atoms with Crippen LogP contribution in [0.5, 0.6) is 0 Å². The van der Waals surface area contributed by atoms with Gasteiger partial charge in [0.25, 0.3) is 0 Å². The van der Waals surface area contributed by atoms with Crippen LogP contribution < -0.4 is 0 Å². The summed E-state index contributed by atoms with van der Waals surface area (Å²) in [5, 5.41) is 11.3. The third kappa shape index (κ3) is 4.54. The van der Waals surface area contributed by atoms with Crippen molar-refractivity contribution in [2.45, 2.75) is 62.6 Å². The molecule has 0 aromatic heterocycles. The van der Waals surface area contributed by atoms with Crippen molar-refractivity contribution >= 4 is 6.09 Å². The molecule has 0 saturated carbocycles. The number of piperidine rings is 2. The third-order valence-corrected chi connectivity index (χ3v) is 6.19. The maximum absolute atomic E-state index is 13.9. The fraction of sp³-hybridized carbons (Fsp3) is 0.435. The first kappa shape index (κ1) is 21.6. The highest BCUT2D eigenvalue weighted by Crippen LogP contribution is 2.45. The summed E-state index contributed by atoms with van der Waals surface area (Å²) in [7, 11) is 0. The number of benzene rings is 2. The number of carbonyl (C=O) groups is 1. The lowest BCUT2D eigenvalue weighted by molar-refractivity contribution is -0.138. The van der Waals surface area contributed by atoms with E-state index in [1.165, 1.54) is 0 Å². The van der Waals surface area contributed by atoms with Crippen LogP contribution in [0.3, 0.4) is 0 Å². The second-order valence-electron chi connectivity index (χ2n) is 8.35.